The minimum Gasteiger partial charge on any atom is -0.457 e. The van der Waals surface area contributed by atoms with Crippen molar-refractivity contribution in [3.8, 4) is 17.2 Å². The van der Waals surface area contributed by atoms with Gasteiger partial charge in [0.1, 0.15) is 6.61 Å². The minimum atomic E-state index is -0.448. The summed E-state index contributed by atoms with van der Waals surface area (Å²) in [6, 6.07) is 22.3. The first-order valence-corrected chi connectivity index (χ1v) is 9.95. The molecule has 0 radical (unpaired) electrons. The third kappa shape index (κ3) is 4.15. The Balaban J connectivity index is 1.43. The number of amides is 1. The number of benzene rings is 3. The van der Waals surface area contributed by atoms with Crippen LogP contribution in [0.5, 0.6) is 0 Å². The van der Waals surface area contributed by atoms with E-state index in [1.54, 1.807) is 18.2 Å². The van der Waals surface area contributed by atoms with Gasteiger partial charge < -0.3 is 10.1 Å². The van der Waals surface area contributed by atoms with Gasteiger partial charge in [-0.3, -0.25) is 4.79 Å². The minimum absolute atomic E-state index is 0.0777. The third-order valence-electron chi connectivity index (χ3n) is 4.53. The van der Waals surface area contributed by atoms with Crippen LogP contribution in [0.3, 0.4) is 0 Å². The van der Waals surface area contributed by atoms with E-state index in [0.29, 0.717) is 22.6 Å². The first-order valence-electron chi connectivity index (χ1n) is 8.96. The molecule has 0 saturated carbocycles. The van der Waals surface area contributed by atoms with Crippen LogP contribution in [0.2, 0.25) is 0 Å². The van der Waals surface area contributed by atoms with Crippen LogP contribution in [0, 0.1) is 11.3 Å². The van der Waals surface area contributed by atoms with Gasteiger partial charge in [-0.15, -0.1) is 11.8 Å². The lowest BCUT2D eigenvalue weighted by Gasteiger charge is -2.16. The van der Waals surface area contributed by atoms with Gasteiger partial charge in [0.15, 0.2) is 0 Å². The molecule has 0 aromatic heterocycles. The summed E-state index contributed by atoms with van der Waals surface area (Å²) in [5.74, 6) is -0.145. The first kappa shape index (κ1) is 18.8. The molecule has 1 aliphatic heterocycles. The normalized spacial score (nSPS) is 12.4. The Hall–Kier alpha value is -3.56. The van der Waals surface area contributed by atoms with Crippen LogP contribution in [-0.2, 0) is 16.1 Å². The Morgan fingerprint density at radius 3 is 2.69 bits per heavy atom. The van der Waals surface area contributed by atoms with Crippen LogP contribution in [-0.4, -0.2) is 17.6 Å². The van der Waals surface area contributed by atoms with Gasteiger partial charge in [0.05, 0.1) is 28.6 Å². The number of thioether (sulfide) groups is 1. The van der Waals surface area contributed by atoms with Crippen molar-refractivity contribution in [1.29, 1.82) is 5.26 Å². The van der Waals surface area contributed by atoms with E-state index in [9.17, 15) is 14.9 Å². The zero-order chi connectivity index (χ0) is 20.2. The molecule has 0 spiro atoms. The van der Waals surface area contributed by atoms with E-state index >= 15 is 0 Å². The fraction of sp³-hybridized carbons (Fsp3) is 0.0870. The lowest BCUT2D eigenvalue weighted by atomic mass is 9.99. The van der Waals surface area contributed by atoms with Crippen molar-refractivity contribution in [3.05, 3.63) is 83.4 Å². The molecule has 1 aliphatic rings. The van der Waals surface area contributed by atoms with Gasteiger partial charge in [0, 0.05) is 4.90 Å². The maximum absolute atomic E-state index is 12.4. The maximum Gasteiger partial charge on any atom is 0.338 e. The molecule has 0 saturated heterocycles. The van der Waals surface area contributed by atoms with E-state index in [1.165, 1.54) is 11.8 Å². The van der Waals surface area contributed by atoms with Crippen molar-refractivity contribution in [2.24, 2.45) is 0 Å². The summed E-state index contributed by atoms with van der Waals surface area (Å²) in [5.41, 5.74) is 4.29. The fourth-order valence-corrected chi connectivity index (χ4v) is 3.84. The fourth-order valence-electron chi connectivity index (χ4n) is 3.06. The Morgan fingerprint density at radius 1 is 1.10 bits per heavy atom. The molecule has 1 N–H and O–H groups in total. The topological polar surface area (TPSA) is 79.2 Å². The highest BCUT2D eigenvalue weighted by atomic mass is 32.2. The number of hydrogen-bond acceptors (Lipinski definition) is 5. The quantitative estimate of drug-likeness (QED) is 0.646. The monoisotopic (exact) mass is 400 g/mol. The highest BCUT2D eigenvalue weighted by molar-refractivity contribution is 8.00. The molecule has 3 aromatic carbocycles. The van der Waals surface area contributed by atoms with Crippen molar-refractivity contribution < 1.29 is 14.3 Å². The summed E-state index contributed by atoms with van der Waals surface area (Å²) in [4.78, 5) is 24.8. The molecule has 0 atom stereocenters. The molecular weight excluding hydrogens is 384 g/mol. The van der Waals surface area contributed by atoms with E-state index in [-0.39, 0.29) is 12.5 Å². The summed E-state index contributed by atoms with van der Waals surface area (Å²) >= 11 is 1.45. The summed E-state index contributed by atoms with van der Waals surface area (Å²) in [7, 11) is 0. The summed E-state index contributed by atoms with van der Waals surface area (Å²) in [6.07, 6.45) is 0. The number of hydrogen-bond donors (Lipinski definition) is 1. The largest absolute Gasteiger partial charge is 0.457 e. The third-order valence-corrected chi connectivity index (χ3v) is 5.60. The molecule has 6 heteroatoms. The number of nitrogens with one attached hydrogen (secondary N) is 1. The molecule has 5 nitrogen and oxygen atoms in total. The molecular formula is C23H16N2O3S. The SMILES string of the molecule is N#Cc1ccccc1-c1ccc(COC(=O)c2ccc3c(c2)NC(=O)CS3)cc1. The van der Waals surface area contributed by atoms with E-state index < -0.39 is 5.97 Å². The van der Waals surface area contributed by atoms with Gasteiger partial charge in [-0.05, 0) is 41.0 Å². The van der Waals surface area contributed by atoms with Crippen molar-refractivity contribution >= 4 is 29.3 Å². The summed E-state index contributed by atoms with van der Waals surface area (Å²) < 4.78 is 5.41. The van der Waals surface area contributed by atoms with Gasteiger partial charge in [-0.2, -0.15) is 5.26 Å². The van der Waals surface area contributed by atoms with Crippen molar-refractivity contribution in [1.82, 2.24) is 0 Å². The molecule has 0 aliphatic carbocycles. The smallest absolute Gasteiger partial charge is 0.338 e. The first-order chi connectivity index (χ1) is 14.1. The van der Waals surface area contributed by atoms with Crippen LogP contribution in [0.15, 0.2) is 71.6 Å². The molecule has 29 heavy (non-hydrogen) atoms. The molecule has 0 bridgehead atoms. The highest BCUT2D eigenvalue weighted by Crippen LogP contribution is 2.32. The number of ether oxygens (including phenoxy) is 1. The molecule has 1 amide bonds. The number of nitrogens with zero attached hydrogens (tertiary/aromatic N) is 1. The Labute approximate surface area is 172 Å². The predicted octanol–water partition coefficient (Wildman–Crippen LogP) is 4.63. The molecule has 0 fully saturated rings. The second-order valence-electron chi connectivity index (χ2n) is 6.48. The van der Waals surface area contributed by atoms with Crippen molar-refractivity contribution in [3.63, 3.8) is 0 Å². The Kier molecular flexibility index (Phi) is 5.32. The highest BCUT2D eigenvalue weighted by Gasteiger charge is 2.18. The number of carbonyl (C=O) groups is 2. The van der Waals surface area contributed by atoms with Crippen LogP contribution in [0.25, 0.3) is 11.1 Å². The number of esters is 1. The number of carbonyl (C=O) groups excluding carboxylic acids is 2. The number of rotatable bonds is 4. The average Bonchev–Trinajstić information content (AvgIpc) is 2.77. The number of fused-ring (bicyclic) bond motifs is 1. The lowest BCUT2D eigenvalue weighted by Crippen LogP contribution is -2.19. The van der Waals surface area contributed by atoms with Gasteiger partial charge in [0.2, 0.25) is 5.91 Å². The van der Waals surface area contributed by atoms with Gasteiger partial charge in [-0.25, -0.2) is 4.79 Å². The van der Waals surface area contributed by atoms with E-state index in [0.717, 1.165) is 21.6 Å². The Bertz CT molecular complexity index is 1130. The van der Waals surface area contributed by atoms with Gasteiger partial charge >= 0.3 is 5.97 Å². The number of anilines is 1. The predicted molar refractivity (Wildman–Crippen MR) is 112 cm³/mol. The van der Waals surface area contributed by atoms with Crippen LogP contribution in [0.1, 0.15) is 21.5 Å². The zero-order valence-corrected chi connectivity index (χ0v) is 16.2. The van der Waals surface area contributed by atoms with Crippen LogP contribution < -0.4 is 5.32 Å². The molecule has 1 heterocycles. The summed E-state index contributed by atoms with van der Waals surface area (Å²) in [5, 5.41) is 12.0. The van der Waals surface area contributed by atoms with Crippen molar-refractivity contribution in [2.75, 3.05) is 11.1 Å². The molecule has 4 rings (SSSR count). The van der Waals surface area contributed by atoms with E-state index in [1.807, 2.05) is 48.5 Å². The van der Waals surface area contributed by atoms with Gasteiger partial charge in [-0.1, -0.05) is 42.5 Å². The van der Waals surface area contributed by atoms with E-state index in [2.05, 4.69) is 11.4 Å². The molecule has 3 aromatic rings. The lowest BCUT2D eigenvalue weighted by molar-refractivity contribution is -0.113. The zero-order valence-electron chi connectivity index (χ0n) is 15.3. The van der Waals surface area contributed by atoms with E-state index in [4.69, 9.17) is 4.74 Å². The maximum atomic E-state index is 12.4. The molecule has 0 unspecified atom stereocenters. The van der Waals surface area contributed by atoms with Gasteiger partial charge in [0.25, 0.3) is 0 Å². The second kappa shape index (κ2) is 8.21. The van der Waals surface area contributed by atoms with Crippen molar-refractivity contribution in [2.45, 2.75) is 11.5 Å². The summed E-state index contributed by atoms with van der Waals surface area (Å²) in [6.45, 7) is 0.136. The molecule has 142 valence electrons. The second-order valence-corrected chi connectivity index (χ2v) is 7.50. The van der Waals surface area contributed by atoms with Crippen LogP contribution >= 0.6 is 11.8 Å². The standard InChI is InChI=1S/C23H16N2O3S/c24-12-18-3-1-2-4-19(18)16-7-5-15(6-8-16)13-28-23(27)17-9-10-21-20(11-17)25-22(26)14-29-21/h1-11H,13-14H2,(H,25,26). The average molecular weight is 400 g/mol. The number of nitriles is 1. The Morgan fingerprint density at radius 2 is 1.90 bits per heavy atom. The van der Waals surface area contributed by atoms with Crippen LogP contribution in [0.4, 0.5) is 5.69 Å².